The standard InChI is InChI=1S/C39H23N3S2/c1-3-8-29-31-19-24(14-16-37(31)43-36(29)4-2)25-18-26(22-41)38-32(20-25)30-10-7-12-34(39(30)44-38)42-33-11-6-5-9-27(33)28-15-13-23(21-40)17-35(28)42/h3-20H,2H2,1H3/b8-3-. The van der Waals surface area contributed by atoms with Crippen molar-refractivity contribution in [3.8, 4) is 29.0 Å². The van der Waals surface area contributed by atoms with Gasteiger partial charge in [-0.2, -0.15) is 10.5 Å². The molecule has 8 rings (SSSR count). The highest BCUT2D eigenvalue weighted by Gasteiger charge is 2.19. The van der Waals surface area contributed by atoms with Gasteiger partial charge in [0.05, 0.1) is 43.3 Å². The van der Waals surface area contributed by atoms with Crippen LogP contribution in [-0.4, -0.2) is 4.57 Å². The predicted molar refractivity (Wildman–Crippen MR) is 189 cm³/mol. The summed E-state index contributed by atoms with van der Waals surface area (Å²) in [6.07, 6.45) is 6.13. The minimum absolute atomic E-state index is 0.627. The zero-order chi connectivity index (χ0) is 29.9. The summed E-state index contributed by atoms with van der Waals surface area (Å²) in [7, 11) is 0. The van der Waals surface area contributed by atoms with Gasteiger partial charge in [-0.15, -0.1) is 22.7 Å². The molecule has 0 saturated carbocycles. The maximum absolute atomic E-state index is 10.3. The molecule has 0 unspecified atom stereocenters. The van der Waals surface area contributed by atoms with E-state index in [1.165, 1.54) is 15.6 Å². The molecule has 0 N–H and O–H groups in total. The Bertz CT molecular complexity index is 2610. The normalized spacial score (nSPS) is 11.7. The summed E-state index contributed by atoms with van der Waals surface area (Å²) in [6.45, 7) is 6.06. The molecule has 44 heavy (non-hydrogen) atoms. The van der Waals surface area contributed by atoms with E-state index >= 15 is 0 Å². The molecule has 0 spiro atoms. The molecule has 0 aliphatic rings. The monoisotopic (exact) mass is 597 g/mol. The van der Waals surface area contributed by atoms with E-state index < -0.39 is 0 Å². The van der Waals surface area contributed by atoms with Gasteiger partial charge >= 0.3 is 0 Å². The summed E-state index contributed by atoms with van der Waals surface area (Å²) in [5, 5.41) is 25.7. The van der Waals surface area contributed by atoms with Crippen LogP contribution in [0.5, 0.6) is 0 Å². The van der Waals surface area contributed by atoms with E-state index in [-0.39, 0.29) is 0 Å². The van der Waals surface area contributed by atoms with Gasteiger partial charge < -0.3 is 4.57 Å². The molecule has 3 aromatic heterocycles. The van der Waals surface area contributed by atoms with Gasteiger partial charge in [-0.25, -0.2) is 0 Å². The molecule has 3 heterocycles. The van der Waals surface area contributed by atoms with Gasteiger partial charge in [0.1, 0.15) is 6.07 Å². The van der Waals surface area contributed by atoms with Crippen LogP contribution in [0.15, 0.2) is 104 Å². The van der Waals surface area contributed by atoms with Gasteiger partial charge in [0, 0.05) is 36.5 Å². The van der Waals surface area contributed by atoms with Crippen LogP contribution >= 0.6 is 22.7 Å². The van der Waals surface area contributed by atoms with Crippen LogP contribution in [0.1, 0.15) is 28.5 Å². The van der Waals surface area contributed by atoms with E-state index in [1.54, 1.807) is 22.7 Å². The van der Waals surface area contributed by atoms with E-state index in [1.807, 2.05) is 37.3 Å². The lowest BCUT2D eigenvalue weighted by molar-refractivity contribution is 1.20. The number of rotatable bonds is 4. The maximum Gasteiger partial charge on any atom is 0.101 e. The quantitative estimate of drug-likeness (QED) is 0.203. The van der Waals surface area contributed by atoms with E-state index in [0.717, 1.165) is 63.7 Å². The lowest BCUT2D eigenvalue weighted by Crippen LogP contribution is -1.94. The number of fused-ring (bicyclic) bond motifs is 7. The molecule has 8 aromatic rings. The van der Waals surface area contributed by atoms with E-state index in [4.69, 9.17) is 0 Å². The van der Waals surface area contributed by atoms with Crippen molar-refractivity contribution in [1.82, 2.24) is 4.57 Å². The van der Waals surface area contributed by atoms with E-state index in [2.05, 4.69) is 102 Å². The summed E-state index contributed by atoms with van der Waals surface area (Å²) in [4.78, 5) is 1.16. The van der Waals surface area contributed by atoms with E-state index in [9.17, 15) is 10.5 Å². The Balaban J connectivity index is 1.40. The van der Waals surface area contributed by atoms with Gasteiger partial charge in [0.15, 0.2) is 0 Å². The number of allylic oxidation sites excluding steroid dienone is 1. The molecule has 0 bridgehead atoms. The van der Waals surface area contributed by atoms with Crippen molar-refractivity contribution in [1.29, 1.82) is 10.5 Å². The summed E-state index contributed by atoms with van der Waals surface area (Å²) < 4.78 is 5.58. The van der Waals surface area contributed by atoms with Crippen LogP contribution in [0.3, 0.4) is 0 Å². The Morgan fingerprint density at radius 3 is 2.34 bits per heavy atom. The maximum atomic E-state index is 10.3. The molecule has 0 amide bonds. The number of benzene rings is 5. The number of thiophene rings is 2. The topological polar surface area (TPSA) is 52.5 Å². The number of nitrogens with zero attached hydrogens (tertiary/aromatic N) is 3. The fourth-order valence-corrected chi connectivity index (χ4v) is 8.69. The van der Waals surface area contributed by atoms with Crippen molar-refractivity contribution in [2.75, 3.05) is 0 Å². The first-order chi connectivity index (χ1) is 21.6. The minimum Gasteiger partial charge on any atom is -0.308 e. The van der Waals surface area contributed by atoms with Gasteiger partial charge in [-0.05, 0) is 72.1 Å². The third-order valence-electron chi connectivity index (χ3n) is 8.35. The molecular formula is C39H23N3S2. The summed E-state index contributed by atoms with van der Waals surface area (Å²) >= 11 is 3.40. The second-order valence-electron chi connectivity index (χ2n) is 10.8. The van der Waals surface area contributed by atoms with Gasteiger partial charge in [0.2, 0.25) is 0 Å². The Morgan fingerprint density at radius 1 is 0.705 bits per heavy atom. The van der Waals surface area contributed by atoms with Gasteiger partial charge in [-0.1, -0.05) is 67.3 Å². The first kappa shape index (κ1) is 26.2. The lowest BCUT2D eigenvalue weighted by Gasteiger charge is -2.09. The zero-order valence-corrected chi connectivity index (χ0v) is 25.4. The molecule has 0 atom stereocenters. The minimum atomic E-state index is 0.627. The highest BCUT2D eigenvalue weighted by Crippen LogP contribution is 2.44. The van der Waals surface area contributed by atoms with Crippen LogP contribution in [0, 0.1) is 22.7 Å². The van der Waals surface area contributed by atoms with Crippen molar-refractivity contribution >= 4 is 86.9 Å². The second-order valence-corrected chi connectivity index (χ2v) is 12.9. The number of para-hydroxylation sites is 1. The average molecular weight is 598 g/mol. The van der Waals surface area contributed by atoms with Crippen LogP contribution < -0.4 is 0 Å². The molecule has 0 aliphatic carbocycles. The van der Waals surface area contributed by atoms with Gasteiger partial charge in [0.25, 0.3) is 0 Å². The highest BCUT2D eigenvalue weighted by molar-refractivity contribution is 7.26. The summed E-state index contributed by atoms with van der Waals surface area (Å²) in [5.41, 5.74) is 7.71. The summed E-state index contributed by atoms with van der Waals surface area (Å²) in [6, 6.07) is 36.3. The van der Waals surface area contributed by atoms with Crippen molar-refractivity contribution in [3.05, 3.63) is 125 Å². The third kappa shape index (κ3) is 3.78. The van der Waals surface area contributed by atoms with Crippen molar-refractivity contribution in [3.63, 3.8) is 0 Å². The molecule has 0 aliphatic heterocycles. The first-order valence-corrected chi connectivity index (χ1v) is 15.9. The largest absolute Gasteiger partial charge is 0.308 e. The van der Waals surface area contributed by atoms with Gasteiger partial charge in [-0.3, -0.25) is 0 Å². The Labute approximate surface area is 262 Å². The number of nitriles is 2. The average Bonchev–Trinajstić information content (AvgIpc) is 3.73. The third-order valence-corrected chi connectivity index (χ3v) is 10.8. The van der Waals surface area contributed by atoms with Crippen LogP contribution in [0.25, 0.3) is 81.0 Å². The van der Waals surface area contributed by atoms with Crippen LogP contribution in [0.4, 0.5) is 0 Å². The number of hydrogen-bond acceptors (Lipinski definition) is 4. The van der Waals surface area contributed by atoms with Crippen molar-refractivity contribution < 1.29 is 0 Å². The van der Waals surface area contributed by atoms with Crippen LogP contribution in [-0.2, 0) is 0 Å². The molecule has 5 aromatic carbocycles. The fourth-order valence-electron chi connectivity index (χ4n) is 6.42. The van der Waals surface area contributed by atoms with Crippen LogP contribution in [0.2, 0.25) is 0 Å². The fraction of sp³-hybridized carbons (Fsp3) is 0.0256. The molecular weight excluding hydrogens is 575 g/mol. The van der Waals surface area contributed by atoms with Crippen molar-refractivity contribution in [2.45, 2.75) is 6.92 Å². The molecule has 3 nitrogen and oxygen atoms in total. The molecule has 206 valence electrons. The Hall–Kier alpha value is -5.46. The van der Waals surface area contributed by atoms with Crippen molar-refractivity contribution in [2.24, 2.45) is 0 Å². The predicted octanol–water partition coefficient (Wildman–Crippen LogP) is 11.5. The first-order valence-electron chi connectivity index (χ1n) is 14.3. The molecule has 0 saturated heterocycles. The SMILES string of the molecule is C=Cc1sc2ccc(-c3cc(C#N)c4sc5c(-n6c7ccccc7c7ccc(C#N)cc76)cccc5c4c3)cc2c1/C=C\C. The Kier molecular flexibility index (Phi) is 6.00. The Morgan fingerprint density at radius 2 is 1.52 bits per heavy atom. The smallest absolute Gasteiger partial charge is 0.101 e. The second kappa shape index (κ2) is 10.1. The molecule has 0 radical (unpaired) electrons. The zero-order valence-electron chi connectivity index (χ0n) is 23.8. The summed E-state index contributed by atoms with van der Waals surface area (Å²) in [5.74, 6) is 0. The lowest BCUT2D eigenvalue weighted by atomic mass is 9.98. The number of hydrogen-bond donors (Lipinski definition) is 0. The number of aromatic nitrogens is 1. The molecule has 0 fully saturated rings. The van der Waals surface area contributed by atoms with E-state index in [0.29, 0.717) is 11.1 Å². The highest BCUT2D eigenvalue weighted by atomic mass is 32.1. The molecule has 5 heteroatoms.